The Hall–Kier alpha value is -1.55. The largest absolute Gasteiger partial charge is 0.498 e. The van der Waals surface area contributed by atoms with Gasteiger partial charge in [-0.05, 0) is 35.4 Å². The summed E-state index contributed by atoms with van der Waals surface area (Å²) in [5.74, 6) is 0. The van der Waals surface area contributed by atoms with Crippen LogP contribution < -0.4 is 0 Å². The standard InChI is InChI=1S/C15H9BrF6O2S/c16-12-7-3-10(4-8-12)13(25(23,24)15(20,21)22)9-1-5-11(6-2-9)14(17,18)19/h1-8,13H. The number of hydrogen-bond donors (Lipinski definition) is 0. The van der Waals surface area contributed by atoms with Crippen molar-refractivity contribution in [2.24, 2.45) is 0 Å². The molecular formula is C15H9BrF6O2S. The van der Waals surface area contributed by atoms with E-state index in [1.54, 1.807) is 0 Å². The molecule has 136 valence electrons. The van der Waals surface area contributed by atoms with Crippen molar-refractivity contribution in [3.8, 4) is 0 Å². The molecule has 1 atom stereocenters. The average Bonchev–Trinajstić information content (AvgIpc) is 2.48. The second kappa shape index (κ2) is 6.64. The van der Waals surface area contributed by atoms with E-state index in [2.05, 4.69) is 15.9 Å². The molecule has 0 saturated carbocycles. The van der Waals surface area contributed by atoms with Crippen molar-refractivity contribution in [2.45, 2.75) is 16.9 Å². The molecule has 2 nitrogen and oxygen atoms in total. The lowest BCUT2D eigenvalue weighted by atomic mass is 10.0. The SMILES string of the molecule is O=S(=O)(C(c1ccc(Br)cc1)c1ccc(C(F)(F)F)cc1)C(F)(F)F. The van der Waals surface area contributed by atoms with Gasteiger partial charge in [-0.3, -0.25) is 0 Å². The van der Waals surface area contributed by atoms with Crippen LogP contribution in [0.15, 0.2) is 53.0 Å². The minimum Gasteiger partial charge on any atom is -0.219 e. The fourth-order valence-electron chi connectivity index (χ4n) is 2.17. The van der Waals surface area contributed by atoms with Gasteiger partial charge in [0, 0.05) is 4.47 Å². The number of sulfone groups is 1. The highest BCUT2D eigenvalue weighted by molar-refractivity contribution is 9.10. The molecule has 0 saturated heterocycles. The van der Waals surface area contributed by atoms with Crippen molar-refractivity contribution in [2.75, 3.05) is 0 Å². The normalized spacial score (nSPS) is 14.4. The summed E-state index contributed by atoms with van der Waals surface area (Å²) in [5, 5.41) is -2.16. The summed E-state index contributed by atoms with van der Waals surface area (Å²) in [5.41, 5.74) is -7.27. The van der Waals surface area contributed by atoms with Crippen molar-refractivity contribution in [1.82, 2.24) is 0 Å². The van der Waals surface area contributed by atoms with Crippen LogP contribution in [0.3, 0.4) is 0 Å². The molecule has 0 heterocycles. The molecule has 2 aromatic carbocycles. The molecule has 0 spiro atoms. The van der Waals surface area contributed by atoms with Crippen molar-refractivity contribution < 1.29 is 34.8 Å². The molecule has 0 radical (unpaired) electrons. The first-order chi connectivity index (χ1) is 11.3. The van der Waals surface area contributed by atoms with Crippen LogP contribution in [0.4, 0.5) is 26.3 Å². The van der Waals surface area contributed by atoms with Gasteiger partial charge in [-0.2, -0.15) is 26.3 Å². The Morgan fingerprint density at radius 2 is 1.16 bits per heavy atom. The smallest absolute Gasteiger partial charge is 0.219 e. The summed E-state index contributed by atoms with van der Waals surface area (Å²) < 4.78 is 101. The predicted octanol–water partition coefficient (Wildman–Crippen LogP) is 5.49. The van der Waals surface area contributed by atoms with Gasteiger partial charge < -0.3 is 0 Å². The van der Waals surface area contributed by atoms with Crippen molar-refractivity contribution >= 4 is 25.8 Å². The van der Waals surface area contributed by atoms with Crippen LogP contribution in [0.25, 0.3) is 0 Å². The lowest BCUT2D eigenvalue weighted by Gasteiger charge is -2.21. The number of hydrogen-bond acceptors (Lipinski definition) is 2. The van der Waals surface area contributed by atoms with E-state index in [4.69, 9.17) is 0 Å². The minimum atomic E-state index is -5.70. The summed E-state index contributed by atoms with van der Waals surface area (Å²) >= 11 is 3.08. The third kappa shape index (κ3) is 4.17. The third-order valence-corrected chi connectivity index (χ3v) is 5.69. The highest BCUT2D eigenvalue weighted by Crippen LogP contribution is 2.41. The Kier molecular flexibility index (Phi) is 5.25. The maximum Gasteiger partial charge on any atom is 0.498 e. The van der Waals surface area contributed by atoms with Crippen molar-refractivity contribution in [3.05, 3.63) is 69.7 Å². The molecule has 25 heavy (non-hydrogen) atoms. The second-order valence-electron chi connectivity index (χ2n) is 5.04. The summed E-state index contributed by atoms with van der Waals surface area (Å²) in [4.78, 5) is 0. The predicted molar refractivity (Wildman–Crippen MR) is 82.4 cm³/mol. The summed E-state index contributed by atoms with van der Waals surface area (Å²) in [6, 6.07) is 7.58. The van der Waals surface area contributed by atoms with Gasteiger partial charge in [0.2, 0.25) is 0 Å². The van der Waals surface area contributed by atoms with Crippen LogP contribution in [-0.2, 0) is 16.0 Å². The highest BCUT2D eigenvalue weighted by atomic mass is 79.9. The van der Waals surface area contributed by atoms with Gasteiger partial charge in [-0.1, -0.05) is 40.2 Å². The Balaban J connectivity index is 2.62. The zero-order valence-corrected chi connectivity index (χ0v) is 14.5. The van der Waals surface area contributed by atoms with E-state index in [9.17, 15) is 34.8 Å². The molecule has 0 fully saturated rings. The molecule has 0 aliphatic heterocycles. The quantitative estimate of drug-likeness (QED) is 0.584. The second-order valence-corrected chi connectivity index (χ2v) is 7.98. The Morgan fingerprint density at radius 3 is 1.52 bits per heavy atom. The van der Waals surface area contributed by atoms with E-state index in [1.165, 1.54) is 12.1 Å². The molecular weight excluding hydrogens is 438 g/mol. The molecule has 0 aromatic heterocycles. The molecule has 0 N–H and O–H groups in total. The fraction of sp³-hybridized carbons (Fsp3) is 0.200. The lowest BCUT2D eigenvalue weighted by Crippen LogP contribution is -2.30. The monoisotopic (exact) mass is 446 g/mol. The Labute approximate surface area is 147 Å². The molecule has 1 unspecified atom stereocenters. The maximum atomic E-state index is 13.0. The van der Waals surface area contributed by atoms with Gasteiger partial charge >= 0.3 is 11.7 Å². The Morgan fingerprint density at radius 1 is 0.760 bits per heavy atom. The van der Waals surface area contributed by atoms with E-state index in [-0.39, 0.29) is 5.56 Å². The zero-order valence-electron chi connectivity index (χ0n) is 12.1. The van der Waals surface area contributed by atoms with E-state index in [0.717, 1.165) is 24.3 Å². The van der Waals surface area contributed by atoms with E-state index < -0.39 is 37.9 Å². The summed E-state index contributed by atoms with van der Waals surface area (Å²) in [7, 11) is -5.70. The van der Waals surface area contributed by atoms with E-state index in [0.29, 0.717) is 16.6 Å². The molecule has 0 amide bonds. The van der Waals surface area contributed by atoms with Crippen LogP contribution >= 0.6 is 15.9 Å². The first kappa shape index (κ1) is 19.8. The van der Waals surface area contributed by atoms with Crippen LogP contribution in [0.1, 0.15) is 21.9 Å². The Bertz CT molecular complexity index is 840. The van der Waals surface area contributed by atoms with E-state index >= 15 is 0 Å². The molecule has 2 aromatic rings. The molecule has 0 bridgehead atoms. The minimum absolute atomic E-state index is 0.208. The average molecular weight is 447 g/mol. The van der Waals surface area contributed by atoms with Gasteiger partial charge in [-0.25, -0.2) is 8.42 Å². The van der Waals surface area contributed by atoms with Crippen LogP contribution in [0, 0.1) is 0 Å². The first-order valence-corrected chi connectivity index (χ1v) is 8.91. The van der Waals surface area contributed by atoms with Gasteiger partial charge in [0.15, 0.2) is 0 Å². The van der Waals surface area contributed by atoms with Crippen molar-refractivity contribution in [1.29, 1.82) is 0 Å². The zero-order chi connectivity index (χ0) is 19.0. The van der Waals surface area contributed by atoms with Gasteiger partial charge in [-0.15, -0.1) is 0 Å². The molecule has 2 rings (SSSR count). The topological polar surface area (TPSA) is 34.1 Å². The molecule has 0 aliphatic carbocycles. The first-order valence-electron chi connectivity index (χ1n) is 6.57. The fourth-order valence-corrected chi connectivity index (χ4v) is 3.73. The van der Waals surface area contributed by atoms with Crippen molar-refractivity contribution in [3.63, 3.8) is 0 Å². The van der Waals surface area contributed by atoms with Crippen LogP contribution in [0.2, 0.25) is 0 Å². The highest BCUT2D eigenvalue weighted by Gasteiger charge is 2.51. The van der Waals surface area contributed by atoms with Gasteiger partial charge in [0.1, 0.15) is 5.25 Å². The summed E-state index contributed by atoms with van der Waals surface area (Å²) in [6.07, 6.45) is -4.69. The van der Waals surface area contributed by atoms with Crippen LogP contribution in [-0.4, -0.2) is 13.9 Å². The molecule has 10 heteroatoms. The third-order valence-electron chi connectivity index (χ3n) is 3.35. The number of alkyl halides is 6. The number of halogens is 7. The number of rotatable bonds is 3. The van der Waals surface area contributed by atoms with E-state index in [1.807, 2.05) is 0 Å². The van der Waals surface area contributed by atoms with Gasteiger partial charge in [0.25, 0.3) is 9.84 Å². The lowest BCUT2D eigenvalue weighted by molar-refractivity contribution is -0.137. The van der Waals surface area contributed by atoms with Gasteiger partial charge in [0.05, 0.1) is 5.56 Å². The molecule has 0 aliphatic rings. The van der Waals surface area contributed by atoms with Crippen LogP contribution in [0.5, 0.6) is 0 Å². The maximum absolute atomic E-state index is 13.0. The summed E-state index contributed by atoms with van der Waals surface area (Å²) in [6.45, 7) is 0. The number of benzene rings is 2.